The molecule has 21 heavy (non-hydrogen) atoms. The second-order valence-electron chi connectivity index (χ2n) is 5.54. The fourth-order valence-electron chi connectivity index (χ4n) is 1.30. The quantitative estimate of drug-likeness (QED) is 0.487. The van der Waals surface area contributed by atoms with Crippen molar-refractivity contribution in [2.75, 3.05) is 7.11 Å². The Morgan fingerprint density at radius 3 is 2.29 bits per heavy atom. The molecular formula is C17H20O4. The number of carbonyl (C=O) groups excluding carboxylic acids is 2. The van der Waals surface area contributed by atoms with E-state index in [-0.39, 0.29) is 18.4 Å². The van der Waals surface area contributed by atoms with Gasteiger partial charge in [-0.25, -0.2) is 0 Å². The second-order valence-corrected chi connectivity index (χ2v) is 5.54. The molecule has 0 saturated heterocycles. The maximum atomic E-state index is 11.7. The first-order valence-corrected chi connectivity index (χ1v) is 6.71. The van der Waals surface area contributed by atoms with E-state index < -0.39 is 5.41 Å². The lowest BCUT2D eigenvalue weighted by Gasteiger charge is -2.16. The van der Waals surface area contributed by atoms with Crippen LogP contribution < -0.4 is 4.74 Å². The van der Waals surface area contributed by atoms with E-state index in [1.165, 1.54) is 7.11 Å². The van der Waals surface area contributed by atoms with E-state index in [4.69, 9.17) is 4.74 Å². The lowest BCUT2D eigenvalue weighted by molar-refractivity contribution is -0.143. The summed E-state index contributed by atoms with van der Waals surface area (Å²) in [5.74, 6) is 5.78. The van der Waals surface area contributed by atoms with E-state index >= 15 is 0 Å². The summed E-state index contributed by atoms with van der Waals surface area (Å²) in [5.41, 5.74) is 0.266. The van der Waals surface area contributed by atoms with Gasteiger partial charge in [-0.3, -0.25) is 9.59 Å². The highest BCUT2D eigenvalue weighted by Gasteiger charge is 2.23. The van der Waals surface area contributed by atoms with Gasteiger partial charge in [0, 0.05) is 12.0 Å². The SMILES string of the molecule is COC(=O)CCC#Cc1ccc(OC(=O)C(C)(C)C)cc1. The van der Waals surface area contributed by atoms with Gasteiger partial charge in [0.25, 0.3) is 0 Å². The normalized spacial score (nSPS) is 10.3. The predicted octanol–water partition coefficient (Wildman–Crippen LogP) is 2.94. The van der Waals surface area contributed by atoms with Gasteiger partial charge >= 0.3 is 11.9 Å². The fraction of sp³-hybridized carbons (Fsp3) is 0.412. The lowest BCUT2D eigenvalue weighted by atomic mass is 9.97. The zero-order chi connectivity index (χ0) is 15.9. The van der Waals surface area contributed by atoms with E-state index in [0.29, 0.717) is 12.2 Å². The van der Waals surface area contributed by atoms with E-state index in [0.717, 1.165) is 5.56 Å². The van der Waals surface area contributed by atoms with Crippen LogP contribution in [0.15, 0.2) is 24.3 Å². The summed E-state index contributed by atoms with van der Waals surface area (Å²) in [6.07, 6.45) is 0.734. The number of carbonyl (C=O) groups is 2. The number of esters is 2. The van der Waals surface area contributed by atoms with Crippen molar-refractivity contribution >= 4 is 11.9 Å². The van der Waals surface area contributed by atoms with Crippen molar-refractivity contribution in [3.05, 3.63) is 29.8 Å². The molecule has 0 aliphatic carbocycles. The molecule has 0 spiro atoms. The number of methoxy groups -OCH3 is 1. The molecule has 1 rings (SSSR count). The minimum atomic E-state index is -0.535. The number of rotatable bonds is 3. The highest BCUT2D eigenvalue weighted by Crippen LogP contribution is 2.19. The highest BCUT2D eigenvalue weighted by molar-refractivity contribution is 5.77. The van der Waals surface area contributed by atoms with E-state index in [9.17, 15) is 9.59 Å². The Kier molecular flexibility index (Phi) is 5.98. The summed E-state index contributed by atoms with van der Waals surface area (Å²) >= 11 is 0. The minimum absolute atomic E-state index is 0.270. The molecule has 0 fully saturated rings. The van der Waals surface area contributed by atoms with Crippen LogP contribution in [0.2, 0.25) is 0 Å². The molecule has 0 amide bonds. The van der Waals surface area contributed by atoms with Gasteiger partial charge in [0.15, 0.2) is 0 Å². The van der Waals surface area contributed by atoms with Crippen LogP contribution in [-0.4, -0.2) is 19.0 Å². The van der Waals surface area contributed by atoms with Crippen LogP contribution in [0.1, 0.15) is 39.2 Å². The van der Waals surface area contributed by atoms with Gasteiger partial charge < -0.3 is 9.47 Å². The van der Waals surface area contributed by atoms with Crippen molar-refractivity contribution < 1.29 is 19.1 Å². The molecule has 0 unspecified atom stereocenters. The first-order valence-electron chi connectivity index (χ1n) is 6.71. The monoisotopic (exact) mass is 288 g/mol. The summed E-state index contributed by atoms with van der Waals surface area (Å²) in [4.78, 5) is 22.6. The first-order chi connectivity index (χ1) is 9.82. The van der Waals surface area contributed by atoms with Crippen LogP contribution in [0.4, 0.5) is 0 Å². The molecule has 0 N–H and O–H groups in total. The Morgan fingerprint density at radius 1 is 1.14 bits per heavy atom. The maximum Gasteiger partial charge on any atom is 0.316 e. The molecule has 4 nitrogen and oxygen atoms in total. The number of ether oxygens (including phenoxy) is 2. The van der Waals surface area contributed by atoms with Gasteiger partial charge in [0.1, 0.15) is 5.75 Å². The van der Waals surface area contributed by atoms with E-state index in [2.05, 4.69) is 16.6 Å². The van der Waals surface area contributed by atoms with Crippen LogP contribution in [0.25, 0.3) is 0 Å². The topological polar surface area (TPSA) is 52.6 Å². The maximum absolute atomic E-state index is 11.7. The average molecular weight is 288 g/mol. The molecule has 112 valence electrons. The Hall–Kier alpha value is -2.28. The predicted molar refractivity (Wildman–Crippen MR) is 79.7 cm³/mol. The van der Waals surface area contributed by atoms with E-state index in [1.54, 1.807) is 45.0 Å². The van der Waals surface area contributed by atoms with Crippen molar-refractivity contribution in [3.63, 3.8) is 0 Å². The van der Waals surface area contributed by atoms with Crippen molar-refractivity contribution in [1.29, 1.82) is 0 Å². The van der Waals surface area contributed by atoms with Crippen LogP contribution in [0.5, 0.6) is 5.75 Å². The summed E-state index contributed by atoms with van der Waals surface area (Å²) in [6, 6.07) is 6.95. The molecule has 0 aliphatic heterocycles. The van der Waals surface area contributed by atoms with Gasteiger partial charge in [0.05, 0.1) is 18.9 Å². The molecule has 0 saturated carbocycles. The Labute approximate surface area is 125 Å². The Balaban J connectivity index is 2.57. The van der Waals surface area contributed by atoms with Gasteiger partial charge in [-0.2, -0.15) is 0 Å². The molecule has 0 aliphatic rings. The Morgan fingerprint density at radius 2 is 1.76 bits per heavy atom. The molecular weight excluding hydrogens is 268 g/mol. The molecule has 0 aromatic heterocycles. The van der Waals surface area contributed by atoms with Crippen molar-refractivity contribution in [1.82, 2.24) is 0 Å². The molecule has 0 atom stereocenters. The van der Waals surface area contributed by atoms with Gasteiger partial charge in [-0.05, 0) is 45.0 Å². The van der Waals surface area contributed by atoms with Crippen molar-refractivity contribution in [3.8, 4) is 17.6 Å². The van der Waals surface area contributed by atoms with Gasteiger partial charge in [-0.15, -0.1) is 0 Å². The summed E-state index contributed by atoms with van der Waals surface area (Å²) in [7, 11) is 1.35. The fourth-order valence-corrected chi connectivity index (χ4v) is 1.30. The zero-order valence-corrected chi connectivity index (χ0v) is 12.9. The standard InChI is InChI=1S/C17H20O4/c1-17(2,3)16(19)21-14-11-9-13(10-12-14)7-5-6-8-15(18)20-4/h9-12H,6,8H2,1-4H3. The van der Waals surface area contributed by atoms with Crippen molar-refractivity contribution in [2.45, 2.75) is 33.6 Å². The summed E-state index contributed by atoms with van der Waals surface area (Å²) in [5, 5.41) is 0. The molecule has 4 heteroatoms. The largest absolute Gasteiger partial charge is 0.469 e. The Bertz CT molecular complexity index is 553. The molecule has 1 aromatic carbocycles. The molecule has 0 heterocycles. The molecule has 1 aromatic rings. The zero-order valence-electron chi connectivity index (χ0n) is 12.9. The smallest absolute Gasteiger partial charge is 0.316 e. The molecule has 0 radical (unpaired) electrons. The minimum Gasteiger partial charge on any atom is -0.469 e. The van der Waals surface area contributed by atoms with Crippen molar-refractivity contribution in [2.24, 2.45) is 5.41 Å². The third-order valence-electron chi connectivity index (χ3n) is 2.59. The average Bonchev–Trinajstić information content (AvgIpc) is 2.44. The van der Waals surface area contributed by atoms with E-state index in [1.807, 2.05) is 0 Å². The number of hydrogen-bond donors (Lipinski definition) is 0. The van der Waals surface area contributed by atoms with Crippen LogP contribution >= 0.6 is 0 Å². The third-order valence-corrected chi connectivity index (χ3v) is 2.59. The number of benzene rings is 1. The lowest BCUT2D eigenvalue weighted by Crippen LogP contribution is -2.25. The number of hydrogen-bond acceptors (Lipinski definition) is 4. The summed E-state index contributed by atoms with van der Waals surface area (Å²) in [6.45, 7) is 5.41. The van der Waals surface area contributed by atoms with Gasteiger partial charge in [0.2, 0.25) is 0 Å². The highest BCUT2D eigenvalue weighted by atomic mass is 16.5. The van der Waals surface area contributed by atoms with Crippen LogP contribution in [0.3, 0.4) is 0 Å². The first kappa shape index (κ1) is 16.8. The van der Waals surface area contributed by atoms with Crippen LogP contribution in [0, 0.1) is 17.3 Å². The van der Waals surface area contributed by atoms with Crippen LogP contribution in [-0.2, 0) is 14.3 Å². The summed E-state index contributed by atoms with van der Waals surface area (Å²) < 4.78 is 9.78. The van der Waals surface area contributed by atoms with Gasteiger partial charge in [-0.1, -0.05) is 11.8 Å². The third kappa shape index (κ3) is 6.13. The molecule has 0 bridgehead atoms. The second kappa shape index (κ2) is 7.49.